The van der Waals surface area contributed by atoms with Gasteiger partial charge in [0.25, 0.3) is 0 Å². The van der Waals surface area contributed by atoms with Gasteiger partial charge >= 0.3 is 5.97 Å². The van der Waals surface area contributed by atoms with E-state index in [0.717, 1.165) is 17.9 Å². The monoisotopic (exact) mass is 399 g/mol. The minimum atomic E-state index is -0.709. The molecule has 6 nitrogen and oxygen atoms in total. The van der Waals surface area contributed by atoms with Crippen molar-refractivity contribution in [2.45, 2.75) is 26.8 Å². The highest BCUT2D eigenvalue weighted by Gasteiger charge is 2.27. The molecule has 0 amide bonds. The van der Waals surface area contributed by atoms with E-state index in [0.29, 0.717) is 50.8 Å². The maximum absolute atomic E-state index is 11.1. The van der Waals surface area contributed by atoms with Crippen molar-refractivity contribution in [3.05, 3.63) is 53.6 Å². The van der Waals surface area contributed by atoms with Crippen LogP contribution >= 0.6 is 0 Å². The summed E-state index contributed by atoms with van der Waals surface area (Å²) in [6.45, 7) is 7.49. The predicted octanol–water partition coefficient (Wildman–Crippen LogP) is 3.76. The third-order valence-electron chi connectivity index (χ3n) is 4.97. The highest BCUT2D eigenvalue weighted by atomic mass is 16.5. The smallest absolute Gasteiger partial charge is 0.307 e. The van der Waals surface area contributed by atoms with Crippen molar-refractivity contribution in [2.75, 3.05) is 32.9 Å². The zero-order chi connectivity index (χ0) is 20.6. The topological polar surface area (TPSA) is 68.2 Å². The predicted molar refractivity (Wildman–Crippen MR) is 111 cm³/mol. The van der Waals surface area contributed by atoms with Gasteiger partial charge in [0.2, 0.25) is 0 Å². The number of hydrogen-bond acceptors (Lipinski definition) is 5. The van der Waals surface area contributed by atoms with Crippen LogP contribution in [0.3, 0.4) is 0 Å². The number of carboxylic acids is 1. The van der Waals surface area contributed by atoms with E-state index in [2.05, 4.69) is 4.90 Å². The van der Waals surface area contributed by atoms with E-state index in [1.807, 2.05) is 56.3 Å². The third-order valence-corrected chi connectivity index (χ3v) is 4.97. The van der Waals surface area contributed by atoms with Gasteiger partial charge in [-0.3, -0.25) is 9.69 Å². The average Bonchev–Trinajstić information content (AvgIpc) is 3.17. The molecule has 2 aromatic carbocycles. The standard InChI is InChI=1S/C23H29NO5/c1-3-27-22-14-18(15-24-11-10-19(16-24)23(25)26)6-9-21(22)29-13-12-28-20-7-4-17(2)5-8-20/h4-9,14,19H,3,10-13,15-16H2,1-2H3,(H,25,26). The van der Waals surface area contributed by atoms with Crippen LogP contribution in [-0.4, -0.2) is 48.9 Å². The first-order valence-corrected chi connectivity index (χ1v) is 10.1. The molecule has 1 fully saturated rings. The summed E-state index contributed by atoms with van der Waals surface area (Å²) in [6, 6.07) is 13.8. The van der Waals surface area contributed by atoms with Crippen LogP contribution in [0.2, 0.25) is 0 Å². The van der Waals surface area contributed by atoms with Gasteiger partial charge in [0.05, 0.1) is 12.5 Å². The van der Waals surface area contributed by atoms with Crippen molar-refractivity contribution >= 4 is 5.97 Å². The maximum atomic E-state index is 11.1. The van der Waals surface area contributed by atoms with Gasteiger partial charge in [-0.1, -0.05) is 23.8 Å². The van der Waals surface area contributed by atoms with Crippen molar-refractivity contribution in [3.63, 3.8) is 0 Å². The number of likely N-dealkylation sites (tertiary alicyclic amines) is 1. The first kappa shape index (κ1) is 21.0. The first-order valence-electron chi connectivity index (χ1n) is 10.1. The van der Waals surface area contributed by atoms with Crippen molar-refractivity contribution in [1.29, 1.82) is 0 Å². The fourth-order valence-corrected chi connectivity index (χ4v) is 3.42. The van der Waals surface area contributed by atoms with Crippen molar-refractivity contribution in [3.8, 4) is 17.2 Å². The minimum absolute atomic E-state index is 0.266. The molecule has 0 radical (unpaired) electrons. The van der Waals surface area contributed by atoms with E-state index in [1.165, 1.54) is 5.56 Å². The number of carbonyl (C=O) groups is 1. The molecular formula is C23H29NO5. The normalized spacial score (nSPS) is 16.6. The van der Waals surface area contributed by atoms with Crippen LogP contribution in [0.4, 0.5) is 0 Å². The molecule has 1 N–H and O–H groups in total. The average molecular weight is 399 g/mol. The molecule has 2 aromatic rings. The summed E-state index contributed by atoms with van der Waals surface area (Å²) in [4.78, 5) is 13.3. The lowest BCUT2D eigenvalue weighted by molar-refractivity contribution is -0.141. The highest BCUT2D eigenvalue weighted by molar-refractivity contribution is 5.70. The maximum Gasteiger partial charge on any atom is 0.307 e. The fraction of sp³-hybridized carbons (Fsp3) is 0.435. The summed E-state index contributed by atoms with van der Waals surface area (Å²) in [5, 5.41) is 9.16. The number of carboxylic acid groups (broad SMARTS) is 1. The number of hydrogen-bond donors (Lipinski definition) is 1. The number of ether oxygens (including phenoxy) is 3. The highest BCUT2D eigenvalue weighted by Crippen LogP contribution is 2.30. The van der Waals surface area contributed by atoms with Crippen LogP contribution in [0.1, 0.15) is 24.5 Å². The van der Waals surface area contributed by atoms with Crippen LogP contribution in [0, 0.1) is 12.8 Å². The van der Waals surface area contributed by atoms with Gasteiger partial charge in [-0.2, -0.15) is 0 Å². The summed E-state index contributed by atoms with van der Waals surface area (Å²) >= 11 is 0. The molecule has 1 aliphatic heterocycles. The summed E-state index contributed by atoms with van der Waals surface area (Å²) < 4.78 is 17.3. The Morgan fingerprint density at radius 1 is 1.07 bits per heavy atom. The molecule has 1 heterocycles. The van der Waals surface area contributed by atoms with E-state index in [4.69, 9.17) is 19.3 Å². The van der Waals surface area contributed by atoms with Crippen LogP contribution in [-0.2, 0) is 11.3 Å². The molecule has 1 atom stereocenters. The van der Waals surface area contributed by atoms with E-state index < -0.39 is 5.97 Å². The molecule has 29 heavy (non-hydrogen) atoms. The fourth-order valence-electron chi connectivity index (χ4n) is 3.42. The van der Waals surface area contributed by atoms with Crippen molar-refractivity contribution in [1.82, 2.24) is 4.90 Å². The number of aryl methyl sites for hydroxylation is 1. The Hall–Kier alpha value is -2.73. The van der Waals surface area contributed by atoms with Gasteiger partial charge in [0.1, 0.15) is 19.0 Å². The summed E-state index contributed by atoms with van der Waals surface area (Å²) in [6.07, 6.45) is 0.704. The van der Waals surface area contributed by atoms with Gasteiger partial charge in [0.15, 0.2) is 11.5 Å². The Bertz CT molecular complexity index is 805. The van der Waals surface area contributed by atoms with Gasteiger partial charge in [0, 0.05) is 13.1 Å². The van der Waals surface area contributed by atoms with Gasteiger partial charge < -0.3 is 19.3 Å². The summed E-state index contributed by atoms with van der Waals surface area (Å²) in [7, 11) is 0. The Labute approximate surface area is 172 Å². The first-order chi connectivity index (χ1) is 14.0. The third kappa shape index (κ3) is 6.12. The zero-order valence-corrected chi connectivity index (χ0v) is 17.1. The number of nitrogens with zero attached hydrogens (tertiary/aromatic N) is 1. The second kappa shape index (κ2) is 10.2. The van der Waals surface area contributed by atoms with Gasteiger partial charge in [-0.25, -0.2) is 0 Å². The lowest BCUT2D eigenvalue weighted by Crippen LogP contribution is -2.22. The lowest BCUT2D eigenvalue weighted by atomic mass is 10.1. The van der Waals surface area contributed by atoms with Crippen LogP contribution in [0.15, 0.2) is 42.5 Å². The minimum Gasteiger partial charge on any atom is -0.490 e. The largest absolute Gasteiger partial charge is 0.490 e. The van der Waals surface area contributed by atoms with Crippen LogP contribution < -0.4 is 14.2 Å². The molecule has 1 unspecified atom stereocenters. The molecular weight excluding hydrogens is 370 g/mol. The second-order valence-corrected chi connectivity index (χ2v) is 7.28. The lowest BCUT2D eigenvalue weighted by Gasteiger charge is -2.18. The Morgan fingerprint density at radius 2 is 1.83 bits per heavy atom. The number of rotatable bonds is 10. The van der Waals surface area contributed by atoms with Crippen molar-refractivity contribution < 1.29 is 24.1 Å². The van der Waals surface area contributed by atoms with E-state index in [-0.39, 0.29) is 5.92 Å². The van der Waals surface area contributed by atoms with Gasteiger partial charge in [-0.05, 0) is 56.6 Å². The van der Waals surface area contributed by atoms with Gasteiger partial charge in [-0.15, -0.1) is 0 Å². The molecule has 0 aliphatic carbocycles. The van der Waals surface area contributed by atoms with E-state index in [1.54, 1.807) is 0 Å². The number of benzene rings is 2. The molecule has 6 heteroatoms. The second-order valence-electron chi connectivity index (χ2n) is 7.28. The molecule has 156 valence electrons. The Morgan fingerprint density at radius 3 is 2.52 bits per heavy atom. The molecule has 1 aliphatic rings. The van der Waals surface area contributed by atoms with Crippen LogP contribution in [0.25, 0.3) is 0 Å². The van der Waals surface area contributed by atoms with E-state index in [9.17, 15) is 4.79 Å². The van der Waals surface area contributed by atoms with Crippen LogP contribution in [0.5, 0.6) is 17.2 Å². The molecule has 1 saturated heterocycles. The zero-order valence-electron chi connectivity index (χ0n) is 17.1. The molecule has 0 saturated carbocycles. The molecule has 3 rings (SSSR count). The summed E-state index contributed by atoms with van der Waals surface area (Å²) in [5.41, 5.74) is 2.28. The molecule has 0 aromatic heterocycles. The number of aliphatic carboxylic acids is 1. The Kier molecular flexibility index (Phi) is 7.36. The Balaban J connectivity index is 1.53. The SMILES string of the molecule is CCOc1cc(CN2CCC(C(=O)O)C2)ccc1OCCOc1ccc(C)cc1. The summed E-state index contributed by atoms with van der Waals surface area (Å²) in [5.74, 6) is 1.24. The van der Waals surface area contributed by atoms with E-state index >= 15 is 0 Å². The molecule has 0 spiro atoms. The molecule has 0 bridgehead atoms. The van der Waals surface area contributed by atoms with Crippen molar-refractivity contribution in [2.24, 2.45) is 5.92 Å². The quantitative estimate of drug-likeness (QED) is 0.614.